The van der Waals surface area contributed by atoms with Crippen molar-refractivity contribution in [3.8, 4) is 17.0 Å². The van der Waals surface area contributed by atoms with Gasteiger partial charge in [-0.15, -0.1) is 0 Å². The summed E-state index contributed by atoms with van der Waals surface area (Å²) in [5.74, 6) is 0.736. The third-order valence-electron chi connectivity index (χ3n) is 4.87. The van der Waals surface area contributed by atoms with Gasteiger partial charge in [0, 0.05) is 47.8 Å². The second-order valence-corrected chi connectivity index (χ2v) is 7.11. The third kappa shape index (κ3) is 3.34. The van der Waals surface area contributed by atoms with Crippen LogP contribution in [0.5, 0.6) is 5.75 Å². The second-order valence-electron chi connectivity index (χ2n) is 6.70. The Morgan fingerprint density at radius 2 is 2.04 bits per heavy atom. The number of aromatic nitrogens is 4. The molecule has 4 rings (SSSR count). The Hall–Kier alpha value is -2.92. The number of hydrogen-bond donors (Lipinski definition) is 0. The number of nitrogens with zero attached hydrogens (tertiary/aromatic N) is 4. The number of rotatable bonds is 5. The first kappa shape index (κ1) is 18.4. The van der Waals surface area contributed by atoms with Gasteiger partial charge in [-0.3, -0.25) is 9.67 Å². The predicted molar refractivity (Wildman–Crippen MR) is 112 cm³/mol. The van der Waals surface area contributed by atoms with E-state index in [1.807, 2.05) is 43.0 Å². The van der Waals surface area contributed by atoms with Crippen LogP contribution < -0.4 is 4.74 Å². The summed E-state index contributed by atoms with van der Waals surface area (Å²) in [6.45, 7) is 4.45. The average molecular weight is 393 g/mol. The Labute approximate surface area is 169 Å². The summed E-state index contributed by atoms with van der Waals surface area (Å²) in [5, 5.41) is 5.96. The molecule has 0 amide bonds. The van der Waals surface area contributed by atoms with E-state index < -0.39 is 0 Å². The molecule has 28 heavy (non-hydrogen) atoms. The number of hydrogen-bond acceptors (Lipinski definition) is 4. The van der Waals surface area contributed by atoms with Gasteiger partial charge in [-0.05, 0) is 37.1 Å². The zero-order chi connectivity index (χ0) is 19.7. The van der Waals surface area contributed by atoms with Gasteiger partial charge < -0.3 is 4.74 Å². The van der Waals surface area contributed by atoms with Gasteiger partial charge in [0.2, 0.25) is 0 Å². The molecule has 0 spiro atoms. The maximum atomic E-state index is 6.36. The molecule has 142 valence electrons. The lowest BCUT2D eigenvalue weighted by atomic mass is 10.0. The number of pyridine rings is 2. The Bertz CT molecular complexity index is 1150. The summed E-state index contributed by atoms with van der Waals surface area (Å²) in [6, 6.07) is 10.1. The molecule has 0 saturated heterocycles. The van der Waals surface area contributed by atoms with Gasteiger partial charge >= 0.3 is 0 Å². The first-order valence-corrected chi connectivity index (χ1v) is 9.59. The summed E-state index contributed by atoms with van der Waals surface area (Å²) in [7, 11) is 1.94. The minimum atomic E-state index is 0.375. The van der Waals surface area contributed by atoms with Gasteiger partial charge in [-0.25, -0.2) is 4.98 Å². The molecular weight excluding hydrogens is 372 g/mol. The van der Waals surface area contributed by atoms with E-state index in [0.717, 1.165) is 51.2 Å². The van der Waals surface area contributed by atoms with E-state index in [0.29, 0.717) is 11.6 Å². The van der Waals surface area contributed by atoms with Crippen molar-refractivity contribution in [2.24, 2.45) is 7.05 Å². The highest BCUT2D eigenvalue weighted by Crippen LogP contribution is 2.33. The SMILES string of the molecule is CCc1cncc(Cl)c1COc1cccc2c(-c3ccnn3C)cc(C)nc12. The van der Waals surface area contributed by atoms with Gasteiger partial charge in [0.1, 0.15) is 17.9 Å². The fourth-order valence-electron chi connectivity index (χ4n) is 3.43. The van der Waals surface area contributed by atoms with Gasteiger partial charge in [0.05, 0.1) is 10.7 Å². The summed E-state index contributed by atoms with van der Waals surface area (Å²) < 4.78 is 8.06. The molecule has 0 aliphatic carbocycles. The Kier molecular flexibility index (Phi) is 5.01. The first-order chi connectivity index (χ1) is 13.6. The molecule has 3 heterocycles. The number of ether oxygens (including phenoxy) is 1. The maximum absolute atomic E-state index is 6.36. The van der Waals surface area contributed by atoms with Gasteiger partial charge in [0.25, 0.3) is 0 Å². The Balaban J connectivity index is 1.77. The van der Waals surface area contributed by atoms with Crippen molar-refractivity contribution in [3.05, 3.63) is 70.8 Å². The van der Waals surface area contributed by atoms with Crippen molar-refractivity contribution in [2.75, 3.05) is 0 Å². The molecule has 0 N–H and O–H groups in total. The fourth-order valence-corrected chi connectivity index (χ4v) is 3.67. The second kappa shape index (κ2) is 7.60. The highest BCUT2D eigenvalue weighted by Gasteiger charge is 2.14. The van der Waals surface area contributed by atoms with E-state index >= 15 is 0 Å². The molecule has 0 bridgehead atoms. The molecular formula is C22H21ClN4O. The van der Waals surface area contributed by atoms with E-state index in [9.17, 15) is 0 Å². The van der Waals surface area contributed by atoms with Crippen molar-refractivity contribution in [1.29, 1.82) is 0 Å². The van der Waals surface area contributed by atoms with Crippen LogP contribution in [0.15, 0.2) is 48.9 Å². The number of fused-ring (bicyclic) bond motifs is 1. The maximum Gasteiger partial charge on any atom is 0.146 e. The number of halogens is 1. The van der Waals surface area contributed by atoms with Crippen molar-refractivity contribution < 1.29 is 4.74 Å². The average Bonchev–Trinajstić information content (AvgIpc) is 3.12. The van der Waals surface area contributed by atoms with Crippen molar-refractivity contribution in [2.45, 2.75) is 26.9 Å². The molecule has 0 fully saturated rings. The molecule has 3 aromatic heterocycles. The van der Waals surface area contributed by atoms with Crippen LogP contribution in [0.3, 0.4) is 0 Å². The molecule has 0 aliphatic heterocycles. The number of para-hydroxylation sites is 1. The van der Waals surface area contributed by atoms with Gasteiger partial charge in [-0.1, -0.05) is 30.7 Å². The summed E-state index contributed by atoms with van der Waals surface area (Å²) in [5.41, 5.74) is 5.95. The van der Waals surface area contributed by atoms with Crippen LogP contribution in [0.1, 0.15) is 23.7 Å². The zero-order valence-corrected chi connectivity index (χ0v) is 16.9. The minimum Gasteiger partial charge on any atom is -0.487 e. The number of benzene rings is 1. The summed E-state index contributed by atoms with van der Waals surface area (Å²) in [6.07, 6.45) is 6.15. The lowest BCUT2D eigenvalue weighted by Crippen LogP contribution is -2.03. The molecule has 6 heteroatoms. The standard InChI is InChI=1S/C22H21ClN4O/c1-4-15-11-24-12-19(23)18(15)13-28-21-7-5-6-16-17(10-14(2)26-22(16)21)20-8-9-25-27(20)3/h5-12H,4,13H2,1-3H3. The third-order valence-corrected chi connectivity index (χ3v) is 5.20. The van der Waals surface area contributed by atoms with Crippen LogP contribution >= 0.6 is 11.6 Å². The highest BCUT2D eigenvalue weighted by atomic mass is 35.5. The smallest absolute Gasteiger partial charge is 0.146 e. The van der Waals surface area contributed by atoms with E-state index in [4.69, 9.17) is 21.3 Å². The van der Waals surface area contributed by atoms with Gasteiger partial charge in [-0.2, -0.15) is 5.10 Å². The van der Waals surface area contributed by atoms with Crippen LogP contribution in [0, 0.1) is 6.92 Å². The molecule has 0 radical (unpaired) electrons. The van der Waals surface area contributed by atoms with Crippen LogP contribution in [-0.2, 0) is 20.1 Å². The van der Waals surface area contributed by atoms with Crippen LogP contribution in [-0.4, -0.2) is 19.7 Å². The Morgan fingerprint density at radius 3 is 2.79 bits per heavy atom. The topological polar surface area (TPSA) is 52.8 Å². The molecule has 0 saturated carbocycles. The largest absolute Gasteiger partial charge is 0.487 e. The quantitative estimate of drug-likeness (QED) is 0.472. The van der Waals surface area contributed by atoms with E-state index in [1.165, 1.54) is 0 Å². The molecule has 4 aromatic rings. The molecule has 0 unspecified atom stereocenters. The lowest BCUT2D eigenvalue weighted by Gasteiger charge is -2.14. The Morgan fingerprint density at radius 1 is 1.18 bits per heavy atom. The van der Waals surface area contributed by atoms with E-state index in [2.05, 4.69) is 29.1 Å². The predicted octanol–water partition coefficient (Wildman–Crippen LogP) is 5.13. The van der Waals surface area contributed by atoms with Gasteiger partial charge in [0.15, 0.2) is 0 Å². The first-order valence-electron chi connectivity index (χ1n) is 9.21. The lowest BCUT2D eigenvalue weighted by molar-refractivity contribution is 0.308. The van der Waals surface area contributed by atoms with E-state index in [1.54, 1.807) is 12.4 Å². The van der Waals surface area contributed by atoms with Crippen LogP contribution in [0.4, 0.5) is 0 Å². The molecule has 0 aliphatic rings. The highest BCUT2D eigenvalue weighted by molar-refractivity contribution is 6.31. The molecule has 5 nitrogen and oxygen atoms in total. The normalized spacial score (nSPS) is 11.1. The minimum absolute atomic E-state index is 0.375. The van der Waals surface area contributed by atoms with Crippen LogP contribution in [0.25, 0.3) is 22.2 Å². The van der Waals surface area contributed by atoms with E-state index in [-0.39, 0.29) is 0 Å². The number of aryl methyl sites for hydroxylation is 3. The van der Waals surface area contributed by atoms with Crippen molar-refractivity contribution >= 4 is 22.5 Å². The molecule has 0 atom stereocenters. The monoisotopic (exact) mass is 392 g/mol. The summed E-state index contributed by atoms with van der Waals surface area (Å²) >= 11 is 6.36. The van der Waals surface area contributed by atoms with Crippen molar-refractivity contribution in [1.82, 2.24) is 19.7 Å². The fraction of sp³-hybridized carbons (Fsp3) is 0.227. The molecule has 1 aromatic carbocycles. The van der Waals surface area contributed by atoms with Crippen LogP contribution in [0.2, 0.25) is 5.02 Å². The summed E-state index contributed by atoms with van der Waals surface area (Å²) in [4.78, 5) is 8.93. The zero-order valence-electron chi connectivity index (χ0n) is 16.1. The van der Waals surface area contributed by atoms with Crippen molar-refractivity contribution in [3.63, 3.8) is 0 Å².